The summed E-state index contributed by atoms with van der Waals surface area (Å²) in [6, 6.07) is 13.1. The second kappa shape index (κ2) is 10.4. The van der Waals surface area contributed by atoms with Crippen LogP contribution in [0.15, 0.2) is 66.3 Å². The van der Waals surface area contributed by atoms with Gasteiger partial charge >= 0.3 is 0 Å². The fourth-order valence-electron chi connectivity index (χ4n) is 4.54. The number of rotatable bonds is 7. The summed E-state index contributed by atoms with van der Waals surface area (Å²) < 4.78 is 25.4. The average molecular weight is 477 g/mol. The van der Waals surface area contributed by atoms with Crippen molar-refractivity contribution >= 4 is 22.5 Å². The number of nitrogens with zero attached hydrogens (tertiary/aromatic N) is 1. The first-order valence-electron chi connectivity index (χ1n) is 11.9. The molecule has 0 bridgehead atoms. The van der Waals surface area contributed by atoms with Crippen LogP contribution in [0.25, 0.3) is 22.2 Å². The molecule has 0 radical (unpaired) electrons. The smallest absolute Gasteiger partial charge is 0.258 e. The van der Waals surface area contributed by atoms with Crippen molar-refractivity contribution in [3.8, 4) is 17.0 Å². The normalized spacial score (nSPS) is 20.9. The highest BCUT2D eigenvalue weighted by Crippen LogP contribution is 2.30. The molecule has 1 saturated heterocycles. The zero-order valence-corrected chi connectivity index (χ0v) is 19.6. The van der Waals surface area contributed by atoms with Crippen molar-refractivity contribution < 1.29 is 18.7 Å². The summed E-state index contributed by atoms with van der Waals surface area (Å²) in [6.07, 6.45) is 6.43. The molecule has 1 aliphatic heterocycles. The van der Waals surface area contributed by atoms with E-state index in [1.54, 1.807) is 0 Å². The number of allylic oxidation sites excluding steroid dienone is 2. The monoisotopic (exact) mass is 476 g/mol. The van der Waals surface area contributed by atoms with Crippen LogP contribution in [0.2, 0.25) is 0 Å². The predicted molar refractivity (Wildman–Crippen MR) is 134 cm³/mol. The first-order valence-corrected chi connectivity index (χ1v) is 11.9. The number of H-pyrrole nitrogens is 1. The van der Waals surface area contributed by atoms with Crippen molar-refractivity contribution in [1.82, 2.24) is 15.5 Å². The Hall–Kier alpha value is -3.49. The first-order chi connectivity index (χ1) is 17.1. The SMILES string of the molecule is CO[C@@H](C(=O)Nc1ccc2[nH]nc(-c3ccc(O[C@@H]4CCNC[C@@H]4F)cc3)c2c1)C1=CCCC=C1. The second-order valence-electron chi connectivity index (χ2n) is 8.81. The number of fused-ring (bicyclic) bond motifs is 1. The van der Waals surface area contributed by atoms with Gasteiger partial charge in [-0.3, -0.25) is 9.89 Å². The summed E-state index contributed by atoms with van der Waals surface area (Å²) in [5.74, 6) is 0.410. The summed E-state index contributed by atoms with van der Waals surface area (Å²) >= 11 is 0. The lowest BCUT2D eigenvalue weighted by Crippen LogP contribution is -2.44. The van der Waals surface area contributed by atoms with Crippen LogP contribution in [0.4, 0.5) is 10.1 Å². The van der Waals surface area contributed by atoms with Crippen molar-refractivity contribution in [3.05, 3.63) is 66.3 Å². The third-order valence-corrected chi connectivity index (χ3v) is 6.39. The number of benzene rings is 2. The highest BCUT2D eigenvalue weighted by Gasteiger charge is 2.26. The van der Waals surface area contributed by atoms with Gasteiger partial charge in [-0.05, 0) is 73.8 Å². The molecule has 5 rings (SSSR count). The lowest BCUT2D eigenvalue weighted by Gasteiger charge is -2.27. The van der Waals surface area contributed by atoms with E-state index in [0.717, 1.165) is 47.1 Å². The number of carbonyl (C=O) groups excluding carboxylic acids is 1. The summed E-state index contributed by atoms with van der Waals surface area (Å²) in [6.45, 7) is 1.07. The standard InChI is InChI=1S/C27H29FN4O3/c1-34-26(18-5-3-2-4-6-18)27(33)30-19-9-12-23-21(15-19)25(32-31-23)17-7-10-20(11-8-17)35-24-13-14-29-16-22(24)28/h3,5-12,15,22,24,26,29H,2,4,13-14,16H2,1H3,(H,30,33)(H,31,32)/t22-,24+,26+/m0/s1. The Kier molecular flexibility index (Phi) is 6.92. The van der Waals surface area contributed by atoms with Crippen LogP contribution in [0.5, 0.6) is 5.75 Å². The molecule has 3 aromatic rings. The lowest BCUT2D eigenvalue weighted by molar-refractivity contribution is -0.123. The largest absolute Gasteiger partial charge is 0.487 e. The van der Waals surface area contributed by atoms with Gasteiger partial charge in [0.15, 0.2) is 6.10 Å². The van der Waals surface area contributed by atoms with Crippen molar-refractivity contribution in [3.63, 3.8) is 0 Å². The quantitative estimate of drug-likeness (QED) is 0.466. The number of carbonyl (C=O) groups is 1. The number of anilines is 1. The van der Waals surface area contributed by atoms with Crippen LogP contribution in [0, 0.1) is 0 Å². The summed E-state index contributed by atoms with van der Waals surface area (Å²) in [5, 5.41) is 14.4. The van der Waals surface area contributed by atoms with E-state index in [2.05, 4.69) is 26.9 Å². The number of nitrogens with one attached hydrogen (secondary N) is 3. The Labute approximate surface area is 203 Å². The van der Waals surface area contributed by atoms with E-state index in [4.69, 9.17) is 9.47 Å². The summed E-state index contributed by atoms with van der Waals surface area (Å²) in [7, 11) is 1.54. The maximum Gasteiger partial charge on any atom is 0.258 e. The number of alkyl halides is 1. The minimum atomic E-state index is -1.02. The van der Waals surface area contributed by atoms with Gasteiger partial charge in [-0.15, -0.1) is 0 Å². The maximum atomic E-state index is 14.1. The van der Waals surface area contributed by atoms with Gasteiger partial charge in [-0.1, -0.05) is 18.2 Å². The number of hydrogen-bond donors (Lipinski definition) is 3. The van der Waals surface area contributed by atoms with E-state index in [-0.39, 0.29) is 5.91 Å². The Bertz CT molecular complexity index is 1250. The Balaban J connectivity index is 1.33. The van der Waals surface area contributed by atoms with Crippen LogP contribution < -0.4 is 15.4 Å². The van der Waals surface area contributed by atoms with Crippen LogP contribution >= 0.6 is 0 Å². The van der Waals surface area contributed by atoms with Crippen LogP contribution in [0.3, 0.4) is 0 Å². The number of piperidine rings is 1. The molecule has 1 amide bonds. The molecule has 3 N–H and O–H groups in total. The molecular formula is C27H29FN4O3. The first kappa shape index (κ1) is 23.3. The highest BCUT2D eigenvalue weighted by atomic mass is 19.1. The molecule has 182 valence electrons. The van der Waals surface area contributed by atoms with Crippen LogP contribution in [0.1, 0.15) is 19.3 Å². The Morgan fingerprint density at radius 2 is 2.06 bits per heavy atom. The van der Waals surface area contributed by atoms with E-state index in [1.807, 2.05) is 54.6 Å². The molecular weight excluding hydrogens is 447 g/mol. The van der Waals surface area contributed by atoms with E-state index in [9.17, 15) is 9.18 Å². The minimum absolute atomic E-state index is 0.222. The van der Waals surface area contributed by atoms with E-state index < -0.39 is 18.4 Å². The van der Waals surface area contributed by atoms with Crippen LogP contribution in [-0.2, 0) is 9.53 Å². The number of halogens is 1. The molecule has 0 spiro atoms. The van der Waals surface area contributed by atoms with Gasteiger partial charge in [0.1, 0.15) is 18.0 Å². The number of ether oxygens (including phenoxy) is 2. The van der Waals surface area contributed by atoms with E-state index >= 15 is 0 Å². The molecule has 35 heavy (non-hydrogen) atoms. The molecule has 1 aromatic heterocycles. The van der Waals surface area contributed by atoms with Gasteiger partial charge in [0.05, 0.1) is 11.2 Å². The van der Waals surface area contributed by atoms with Crippen molar-refractivity contribution in [2.24, 2.45) is 0 Å². The topological polar surface area (TPSA) is 88.3 Å². The molecule has 2 heterocycles. The molecule has 1 aliphatic carbocycles. The summed E-state index contributed by atoms with van der Waals surface area (Å²) in [5.41, 5.74) is 4.03. The lowest BCUT2D eigenvalue weighted by atomic mass is 10.0. The number of hydrogen-bond acceptors (Lipinski definition) is 5. The average Bonchev–Trinajstić information content (AvgIpc) is 3.30. The molecule has 0 unspecified atom stereocenters. The Morgan fingerprint density at radius 1 is 1.20 bits per heavy atom. The van der Waals surface area contributed by atoms with Gasteiger partial charge in [-0.2, -0.15) is 5.10 Å². The highest BCUT2D eigenvalue weighted by molar-refractivity contribution is 6.00. The molecule has 3 atom stereocenters. The number of amides is 1. The predicted octanol–water partition coefficient (Wildman–Crippen LogP) is 4.54. The third kappa shape index (κ3) is 5.13. The molecule has 1 fully saturated rings. The molecule has 0 saturated carbocycles. The van der Waals surface area contributed by atoms with Gasteiger partial charge in [0.2, 0.25) is 0 Å². The second-order valence-corrected chi connectivity index (χ2v) is 8.81. The zero-order valence-electron chi connectivity index (χ0n) is 19.6. The van der Waals surface area contributed by atoms with E-state index in [1.165, 1.54) is 7.11 Å². The fraction of sp³-hybridized carbons (Fsp3) is 0.333. The molecule has 2 aliphatic rings. The summed E-state index contributed by atoms with van der Waals surface area (Å²) in [4.78, 5) is 12.9. The van der Waals surface area contributed by atoms with Crippen molar-refractivity contribution in [2.45, 2.75) is 37.6 Å². The number of aromatic nitrogens is 2. The third-order valence-electron chi connectivity index (χ3n) is 6.39. The molecule has 8 heteroatoms. The number of methoxy groups -OCH3 is 1. The van der Waals surface area contributed by atoms with Gasteiger partial charge in [-0.25, -0.2) is 4.39 Å². The van der Waals surface area contributed by atoms with Crippen molar-refractivity contribution in [2.75, 3.05) is 25.5 Å². The zero-order chi connectivity index (χ0) is 24.2. The van der Waals surface area contributed by atoms with Crippen LogP contribution in [-0.4, -0.2) is 54.7 Å². The van der Waals surface area contributed by atoms with E-state index in [0.29, 0.717) is 24.4 Å². The molecule has 7 nitrogen and oxygen atoms in total. The van der Waals surface area contributed by atoms with Gasteiger partial charge in [0, 0.05) is 30.3 Å². The number of aromatic amines is 1. The maximum absolute atomic E-state index is 14.1. The van der Waals surface area contributed by atoms with Crippen molar-refractivity contribution in [1.29, 1.82) is 0 Å². The van der Waals surface area contributed by atoms with Gasteiger partial charge < -0.3 is 20.1 Å². The fourth-order valence-corrected chi connectivity index (χ4v) is 4.54. The van der Waals surface area contributed by atoms with Gasteiger partial charge in [0.25, 0.3) is 5.91 Å². The Morgan fingerprint density at radius 3 is 2.80 bits per heavy atom. The minimum Gasteiger partial charge on any atom is -0.487 e. The molecule has 2 aromatic carbocycles.